The maximum Gasteiger partial charge on any atom is 0.251 e. The van der Waals surface area contributed by atoms with Crippen LogP contribution in [0.2, 0.25) is 0 Å². The van der Waals surface area contributed by atoms with E-state index >= 15 is 0 Å². The van der Waals surface area contributed by atoms with Crippen LogP contribution in [-0.2, 0) is 13.1 Å². The van der Waals surface area contributed by atoms with Crippen LogP contribution in [-0.4, -0.2) is 31.6 Å². The molecular weight excluding hydrogens is 515 g/mol. The minimum Gasteiger partial charge on any atom is -0.493 e. The lowest BCUT2D eigenvalue weighted by atomic mass is 10.1. The number of nitrogens with zero attached hydrogens (tertiary/aromatic N) is 1. The largest absolute Gasteiger partial charge is 0.493 e. The highest BCUT2D eigenvalue weighted by Gasteiger charge is 2.22. The number of amides is 1. The molecule has 3 N–H and O–H groups in total. The summed E-state index contributed by atoms with van der Waals surface area (Å²) >= 11 is 0. The molecule has 0 aliphatic heterocycles. The minimum absolute atomic E-state index is 0. The summed E-state index contributed by atoms with van der Waals surface area (Å²) in [5, 5.41) is 9.66. The van der Waals surface area contributed by atoms with Gasteiger partial charge in [-0.3, -0.25) is 9.79 Å². The van der Waals surface area contributed by atoms with Gasteiger partial charge in [-0.15, -0.1) is 24.0 Å². The van der Waals surface area contributed by atoms with E-state index in [4.69, 9.17) is 4.74 Å². The molecule has 2 aromatic rings. The molecule has 7 heteroatoms. The Labute approximate surface area is 208 Å². The second kappa shape index (κ2) is 13.3. The maximum atomic E-state index is 12.2. The first-order valence-corrected chi connectivity index (χ1v) is 11.1. The molecule has 0 heterocycles. The molecule has 174 valence electrons. The number of benzene rings is 2. The van der Waals surface area contributed by atoms with Crippen molar-refractivity contribution in [2.75, 3.05) is 13.7 Å². The van der Waals surface area contributed by atoms with E-state index in [1.54, 1.807) is 7.05 Å². The second-order valence-corrected chi connectivity index (χ2v) is 8.12. The van der Waals surface area contributed by atoms with E-state index in [9.17, 15) is 4.79 Å². The molecule has 1 amide bonds. The van der Waals surface area contributed by atoms with Gasteiger partial charge in [-0.1, -0.05) is 37.3 Å². The van der Waals surface area contributed by atoms with Crippen molar-refractivity contribution in [2.24, 2.45) is 10.9 Å². The molecule has 1 unspecified atom stereocenters. The Morgan fingerprint density at radius 2 is 1.78 bits per heavy atom. The molecule has 1 atom stereocenters. The Balaban J connectivity index is 0.00000363. The van der Waals surface area contributed by atoms with Crippen molar-refractivity contribution in [3.63, 3.8) is 0 Å². The summed E-state index contributed by atoms with van der Waals surface area (Å²) in [4.78, 5) is 16.5. The van der Waals surface area contributed by atoms with Crippen LogP contribution in [0.4, 0.5) is 0 Å². The van der Waals surface area contributed by atoms with E-state index in [1.807, 2.05) is 49.4 Å². The van der Waals surface area contributed by atoms with E-state index < -0.39 is 0 Å². The second-order valence-electron chi connectivity index (χ2n) is 8.12. The smallest absolute Gasteiger partial charge is 0.251 e. The molecule has 0 radical (unpaired) electrons. The molecule has 1 aliphatic carbocycles. The first-order valence-electron chi connectivity index (χ1n) is 11.1. The van der Waals surface area contributed by atoms with Gasteiger partial charge >= 0.3 is 0 Å². The minimum atomic E-state index is -0.0334. The lowest BCUT2D eigenvalue weighted by molar-refractivity contribution is 0.0939. The number of para-hydroxylation sites is 1. The fraction of sp³-hybridized carbons (Fsp3) is 0.440. The summed E-state index contributed by atoms with van der Waals surface area (Å²) < 4.78 is 5.98. The molecule has 0 bridgehead atoms. The summed E-state index contributed by atoms with van der Waals surface area (Å²) in [7, 11) is 1.76. The average Bonchev–Trinajstić information content (AvgIpc) is 3.63. The number of rotatable bonds is 10. The Kier molecular flexibility index (Phi) is 10.8. The van der Waals surface area contributed by atoms with Crippen LogP contribution in [0.1, 0.15) is 54.6 Å². The summed E-state index contributed by atoms with van der Waals surface area (Å²) in [6, 6.07) is 15.9. The molecule has 0 aromatic heterocycles. The van der Waals surface area contributed by atoms with Gasteiger partial charge in [0.25, 0.3) is 5.91 Å². The van der Waals surface area contributed by atoms with Gasteiger partial charge in [-0.25, -0.2) is 0 Å². The number of carbonyl (C=O) groups excluding carboxylic acids is 1. The van der Waals surface area contributed by atoms with Gasteiger partial charge in [0.1, 0.15) is 5.75 Å². The number of hydrogen-bond donors (Lipinski definition) is 3. The maximum absolute atomic E-state index is 12.2. The third kappa shape index (κ3) is 8.33. The van der Waals surface area contributed by atoms with Crippen LogP contribution in [0, 0.1) is 5.92 Å². The Bertz CT molecular complexity index is 882. The number of carbonyl (C=O) groups is 1. The summed E-state index contributed by atoms with van der Waals surface area (Å²) in [5.74, 6) is 2.34. The van der Waals surface area contributed by atoms with Crippen molar-refractivity contribution in [3.8, 4) is 5.75 Å². The predicted octanol–water partition coefficient (Wildman–Crippen LogP) is 4.49. The highest BCUT2D eigenvalue weighted by molar-refractivity contribution is 14.0. The quantitative estimate of drug-likeness (QED) is 0.232. The van der Waals surface area contributed by atoms with Crippen LogP contribution in [0.25, 0.3) is 0 Å². The highest BCUT2D eigenvalue weighted by Crippen LogP contribution is 2.30. The van der Waals surface area contributed by atoms with E-state index in [0.717, 1.165) is 41.8 Å². The molecule has 0 spiro atoms. The third-order valence-corrected chi connectivity index (χ3v) is 5.48. The molecule has 32 heavy (non-hydrogen) atoms. The van der Waals surface area contributed by atoms with E-state index in [2.05, 4.69) is 33.9 Å². The lowest BCUT2D eigenvalue weighted by Crippen LogP contribution is -2.36. The van der Waals surface area contributed by atoms with Crippen molar-refractivity contribution in [1.82, 2.24) is 16.0 Å². The summed E-state index contributed by atoms with van der Waals surface area (Å²) in [5.41, 5.74) is 2.87. The van der Waals surface area contributed by atoms with Crippen LogP contribution < -0.4 is 20.7 Å². The Morgan fingerprint density at radius 3 is 2.44 bits per heavy atom. The van der Waals surface area contributed by atoms with Gasteiger partial charge in [0.05, 0.1) is 6.61 Å². The van der Waals surface area contributed by atoms with E-state index in [-0.39, 0.29) is 35.9 Å². The predicted molar refractivity (Wildman–Crippen MR) is 141 cm³/mol. The van der Waals surface area contributed by atoms with Gasteiger partial charge in [0.2, 0.25) is 0 Å². The molecule has 1 saturated carbocycles. The van der Waals surface area contributed by atoms with Crippen molar-refractivity contribution < 1.29 is 9.53 Å². The third-order valence-electron chi connectivity index (χ3n) is 5.48. The van der Waals surface area contributed by atoms with Crippen molar-refractivity contribution in [2.45, 2.75) is 52.2 Å². The monoisotopic (exact) mass is 550 g/mol. The molecule has 2 aromatic carbocycles. The fourth-order valence-electron chi connectivity index (χ4n) is 3.05. The average molecular weight is 550 g/mol. The molecule has 1 fully saturated rings. The summed E-state index contributed by atoms with van der Waals surface area (Å²) in [6.07, 6.45) is 3.47. The van der Waals surface area contributed by atoms with Gasteiger partial charge in [0, 0.05) is 37.3 Å². The van der Waals surface area contributed by atoms with Gasteiger partial charge in [-0.2, -0.15) is 0 Å². The van der Waals surface area contributed by atoms with E-state index in [1.165, 1.54) is 12.8 Å². The number of ether oxygens (including phenoxy) is 1. The Morgan fingerprint density at radius 1 is 1.09 bits per heavy atom. The molecule has 1 aliphatic rings. The summed E-state index contributed by atoms with van der Waals surface area (Å²) in [6.45, 7) is 6.12. The topological polar surface area (TPSA) is 74.8 Å². The zero-order chi connectivity index (χ0) is 22.1. The van der Waals surface area contributed by atoms with Gasteiger partial charge in [-0.05, 0) is 55.9 Å². The number of hydrogen-bond acceptors (Lipinski definition) is 3. The molecule has 3 rings (SSSR count). The highest BCUT2D eigenvalue weighted by atomic mass is 127. The van der Waals surface area contributed by atoms with Crippen LogP contribution in [0.3, 0.4) is 0 Å². The van der Waals surface area contributed by atoms with Crippen LogP contribution >= 0.6 is 24.0 Å². The number of halogens is 1. The van der Waals surface area contributed by atoms with Crippen molar-refractivity contribution in [1.29, 1.82) is 0 Å². The standard InChI is InChI=1S/C25H34N4O2.HI/c1-4-18(2)29-24(30)21-13-11-19(12-14-21)15-27-25(26-3)28-16-22-7-5-6-8-23(22)31-17-20-9-10-20;/h5-8,11-14,18,20H,4,9-10,15-17H2,1-3H3,(H,29,30)(H2,26,27,28);1H. The lowest BCUT2D eigenvalue weighted by Gasteiger charge is -2.15. The molecule has 0 saturated heterocycles. The SMILES string of the molecule is CCC(C)NC(=O)c1ccc(CNC(=NC)NCc2ccccc2OCC2CC2)cc1.I. The first kappa shape index (κ1) is 26.0. The first-order chi connectivity index (χ1) is 15.1. The zero-order valence-electron chi connectivity index (χ0n) is 19.2. The van der Waals surface area contributed by atoms with Crippen molar-refractivity contribution >= 4 is 35.8 Å². The number of nitrogens with one attached hydrogen (secondary N) is 3. The zero-order valence-corrected chi connectivity index (χ0v) is 21.5. The Hall–Kier alpha value is -2.29. The van der Waals surface area contributed by atoms with E-state index in [0.29, 0.717) is 18.7 Å². The fourth-order valence-corrected chi connectivity index (χ4v) is 3.05. The van der Waals surface area contributed by atoms with Gasteiger partial charge < -0.3 is 20.7 Å². The number of aliphatic imine (C=N–C) groups is 1. The molecule has 6 nitrogen and oxygen atoms in total. The van der Waals surface area contributed by atoms with Crippen LogP contribution in [0.15, 0.2) is 53.5 Å². The van der Waals surface area contributed by atoms with Gasteiger partial charge in [0.15, 0.2) is 5.96 Å². The molecular formula is C25H35IN4O2. The van der Waals surface area contributed by atoms with Crippen LogP contribution in [0.5, 0.6) is 5.75 Å². The number of guanidine groups is 1. The van der Waals surface area contributed by atoms with Crippen molar-refractivity contribution in [3.05, 3.63) is 65.2 Å². The normalized spacial score (nSPS) is 14.2.